The first-order valence-electron chi connectivity index (χ1n) is 7.50. The summed E-state index contributed by atoms with van der Waals surface area (Å²) < 4.78 is 27.0. The van der Waals surface area contributed by atoms with Crippen molar-refractivity contribution in [3.05, 3.63) is 52.5 Å². The van der Waals surface area contributed by atoms with Crippen LogP contribution >= 0.6 is 23.2 Å². The van der Waals surface area contributed by atoms with Gasteiger partial charge in [0.25, 0.3) is 15.9 Å². The molecule has 4 N–H and O–H groups in total. The molecule has 8 nitrogen and oxygen atoms in total. The van der Waals surface area contributed by atoms with E-state index in [1.807, 2.05) is 5.43 Å². The molecule has 2 rings (SSSR count). The monoisotopic (exact) mass is 430 g/mol. The quantitative estimate of drug-likeness (QED) is 0.368. The minimum absolute atomic E-state index is 0.0266. The number of halogens is 2. The van der Waals surface area contributed by atoms with E-state index in [4.69, 9.17) is 29.0 Å². The van der Waals surface area contributed by atoms with Crippen LogP contribution in [-0.2, 0) is 19.6 Å². The van der Waals surface area contributed by atoms with E-state index < -0.39 is 22.5 Å². The number of hydrogen-bond donors (Lipinski definition) is 3. The zero-order chi connectivity index (χ0) is 20.2. The number of benzene rings is 2. The van der Waals surface area contributed by atoms with Crippen molar-refractivity contribution in [3.63, 3.8) is 0 Å². The van der Waals surface area contributed by atoms with Gasteiger partial charge in [-0.05, 0) is 42.5 Å². The van der Waals surface area contributed by atoms with Crippen LogP contribution in [0.25, 0.3) is 0 Å². The van der Waals surface area contributed by atoms with Gasteiger partial charge in [0.2, 0.25) is 5.91 Å². The van der Waals surface area contributed by atoms with E-state index in [1.165, 1.54) is 49.4 Å². The third kappa shape index (κ3) is 5.10. The van der Waals surface area contributed by atoms with E-state index in [0.717, 1.165) is 4.31 Å². The van der Waals surface area contributed by atoms with Crippen LogP contribution in [-0.4, -0.2) is 26.8 Å². The van der Waals surface area contributed by atoms with Crippen LogP contribution in [0.2, 0.25) is 10.0 Å². The molecule has 0 fully saturated rings. The Kier molecular flexibility index (Phi) is 6.66. The molecule has 0 radical (unpaired) electrons. The maximum atomic E-state index is 13.1. The van der Waals surface area contributed by atoms with Crippen LogP contribution in [0.4, 0.5) is 11.4 Å². The number of carbonyl (C=O) groups excluding carboxylic acids is 2. The highest BCUT2D eigenvalue weighted by atomic mass is 35.5. The van der Waals surface area contributed by atoms with Gasteiger partial charge in [0, 0.05) is 17.6 Å². The number of hydrazine groups is 1. The summed E-state index contributed by atoms with van der Waals surface area (Å²) in [5.74, 6) is 4.05. The second kappa shape index (κ2) is 8.57. The Morgan fingerprint density at radius 2 is 1.74 bits per heavy atom. The molecule has 0 unspecified atom stereocenters. The maximum absolute atomic E-state index is 13.1. The molecule has 0 aliphatic heterocycles. The second-order valence-electron chi connectivity index (χ2n) is 5.38. The zero-order valence-electron chi connectivity index (χ0n) is 14.1. The van der Waals surface area contributed by atoms with Crippen molar-refractivity contribution in [2.45, 2.75) is 11.8 Å². The Morgan fingerprint density at radius 1 is 1.11 bits per heavy atom. The average Bonchev–Trinajstić information content (AvgIpc) is 2.61. The summed E-state index contributed by atoms with van der Waals surface area (Å²) in [4.78, 5) is 22.8. The fourth-order valence-corrected chi connectivity index (χ4v) is 4.06. The van der Waals surface area contributed by atoms with Crippen LogP contribution in [0.15, 0.2) is 47.4 Å². The number of hydrogen-bond acceptors (Lipinski definition) is 5. The van der Waals surface area contributed by atoms with Crippen molar-refractivity contribution in [3.8, 4) is 0 Å². The zero-order valence-corrected chi connectivity index (χ0v) is 16.4. The number of nitrogens with two attached hydrogens (primary N) is 1. The summed E-state index contributed by atoms with van der Waals surface area (Å²) in [6.45, 7) is 0.727. The molecular formula is C16H16Cl2N4O4S. The molecule has 0 bridgehead atoms. The highest BCUT2D eigenvalue weighted by molar-refractivity contribution is 7.92. The molecule has 2 amide bonds. The van der Waals surface area contributed by atoms with E-state index in [-0.39, 0.29) is 26.5 Å². The lowest BCUT2D eigenvalue weighted by molar-refractivity contribution is -0.119. The number of rotatable bonds is 6. The molecule has 144 valence electrons. The van der Waals surface area contributed by atoms with Gasteiger partial charge < -0.3 is 5.32 Å². The van der Waals surface area contributed by atoms with E-state index >= 15 is 0 Å². The Balaban J connectivity index is 2.51. The summed E-state index contributed by atoms with van der Waals surface area (Å²) in [7, 11) is -4.18. The molecule has 0 spiro atoms. The average molecular weight is 431 g/mol. The lowest BCUT2D eigenvalue weighted by atomic mass is 10.3. The topological polar surface area (TPSA) is 122 Å². The molecule has 0 saturated heterocycles. The second-order valence-corrected chi connectivity index (χ2v) is 8.09. The molecule has 2 aromatic rings. The molecule has 11 heteroatoms. The Bertz CT molecular complexity index is 965. The minimum Gasteiger partial charge on any atom is -0.326 e. The Labute approximate surface area is 166 Å². The maximum Gasteiger partial charge on any atom is 0.264 e. The summed E-state index contributed by atoms with van der Waals surface area (Å²) in [6.07, 6.45) is 0. The molecule has 0 atom stereocenters. The molecular weight excluding hydrogens is 415 g/mol. The molecule has 0 aliphatic carbocycles. The van der Waals surface area contributed by atoms with E-state index in [1.54, 1.807) is 0 Å². The van der Waals surface area contributed by atoms with E-state index in [9.17, 15) is 18.0 Å². The van der Waals surface area contributed by atoms with Gasteiger partial charge in [-0.3, -0.25) is 19.3 Å². The van der Waals surface area contributed by atoms with Gasteiger partial charge in [-0.1, -0.05) is 23.2 Å². The number of sulfonamides is 1. The van der Waals surface area contributed by atoms with Gasteiger partial charge >= 0.3 is 0 Å². The lowest BCUT2D eigenvalue weighted by Crippen LogP contribution is -2.43. The largest absolute Gasteiger partial charge is 0.326 e. The van der Waals surface area contributed by atoms with Crippen LogP contribution < -0.4 is 20.9 Å². The predicted octanol–water partition coefficient (Wildman–Crippen LogP) is 2.14. The summed E-state index contributed by atoms with van der Waals surface area (Å²) in [5.41, 5.74) is 2.34. The summed E-state index contributed by atoms with van der Waals surface area (Å²) >= 11 is 12.1. The number of amides is 2. The van der Waals surface area contributed by atoms with Crippen LogP contribution in [0.5, 0.6) is 0 Å². The van der Waals surface area contributed by atoms with Gasteiger partial charge in [0.1, 0.15) is 6.54 Å². The van der Waals surface area contributed by atoms with Crippen LogP contribution in [0.1, 0.15) is 6.92 Å². The van der Waals surface area contributed by atoms with Crippen molar-refractivity contribution < 1.29 is 18.0 Å². The molecule has 27 heavy (non-hydrogen) atoms. The van der Waals surface area contributed by atoms with Crippen molar-refractivity contribution in [2.24, 2.45) is 5.84 Å². The molecule has 0 heterocycles. The van der Waals surface area contributed by atoms with E-state index in [2.05, 4.69) is 5.32 Å². The first kappa shape index (κ1) is 21.0. The van der Waals surface area contributed by atoms with Crippen molar-refractivity contribution in [2.75, 3.05) is 16.2 Å². The highest BCUT2D eigenvalue weighted by Crippen LogP contribution is 2.33. The lowest BCUT2D eigenvalue weighted by Gasteiger charge is -2.25. The third-order valence-corrected chi connectivity index (χ3v) is 5.72. The molecule has 0 saturated carbocycles. The Hall–Kier alpha value is -2.33. The molecule has 0 aromatic heterocycles. The standard InChI is InChI=1S/C16H16Cl2N4O4S/c1-10(23)20-12-3-5-13(6-4-12)27(25,26)22(9-16(24)21-19)15-8-11(17)2-7-14(15)18/h2-8H,9,19H2,1H3,(H,20,23)(H,21,24). The number of carbonyl (C=O) groups is 2. The highest BCUT2D eigenvalue weighted by Gasteiger charge is 2.28. The van der Waals surface area contributed by atoms with Gasteiger partial charge in [-0.15, -0.1) is 0 Å². The van der Waals surface area contributed by atoms with Crippen molar-refractivity contribution >= 4 is 56.4 Å². The summed E-state index contributed by atoms with van der Waals surface area (Å²) in [5, 5.41) is 2.86. The molecule has 0 aliphatic rings. The van der Waals surface area contributed by atoms with Gasteiger partial charge in [0.15, 0.2) is 0 Å². The first-order chi connectivity index (χ1) is 12.6. The predicted molar refractivity (Wildman–Crippen MR) is 104 cm³/mol. The van der Waals surface area contributed by atoms with Gasteiger partial charge in [-0.25, -0.2) is 14.3 Å². The fourth-order valence-electron chi connectivity index (χ4n) is 2.19. The minimum atomic E-state index is -4.18. The molecule has 2 aromatic carbocycles. The third-order valence-electron chi connectivity index (χ3n) is 3.39. The SMILES string of the molecule is CC(=O)Nc1ccc(S(=O)(=O)N(CC(=O)NN)c2cc(Cl)ccc2Cl)cc1. The van der Waals surface area contributed by atoms with E-state index in [0.29, 0.717) is 5.69 Å². The fraction of sp³-hybridized carbons (Fsp3) is 0.125. The van der Waals surface area contributed by atoms with Gasteiger partial charge in [0.05, 0.1) is 15.6 Å². The first-order valence-corrected chi connectivity index (χ1v) is 9.69. The number of anilines is 2. The number of nitrogens with one attached hydrogen (secondary N) is 2. The van der Waals surface area contributed by atoms with Crippen molar-refractivity contribution in [1.29, 1.82) is 0 Å². The number of nitrogens with zero attached hydrogens (tertiary/aromatic N) is 1. The smallest absolute Gasteiger partial charge is 0.264 e. The summed E-state index contributed by atoms with van der Waals surface area (Å²) in [6, 6.07) is 9.69. The Morgan fingerprint density at radius 3 is 2.30 bits per heavy atom. The van der Waals surface area contributed by atoms with Gasteiger partial charge in [-0.2, -0.15) is 0 Å². The normalized spacial score (nSPS) is 11.0. The van der Waals surface area contributed by atoms with Crippen molar-refractivity contribution in [1.82, 2.24) is 5.43 Å². The van der Waals surface area contributed by atoms with Crippen LogP contribution in [0.3, 0.4) is 0 Å². The van der Waals surface area contributed by atoms with Crippen LogP contribution in [0, 0.1) is 0 Å².